The summed E-state index contributed by atoms with van der Waals surface area (Å²) in [5, 5.41) is 8.58. The van der Waals surface area contributed by atoms with Gasteiger partial charge in [-0.05, 0) is 19.8 Å². The maximum absolute atomic E-state index is 12.0. The molecule has 0 atom stereocenters. The number of hydrogen-bond acceptors (Lipinski definition) is 4. The van der Waals surface area contributed by atoms with Crippen LogP contribution in [0.15, 0.2) is 0 Å². The Morgan fingerprint density at radius 2 is 1.72 bits per heavy atom. The zero-order chi connectivity index (χ0) is 13.7. The third-order valence-electron chi connectivity index (χ3n) is 2.99. The molecule has 0 radical (unpaired) electrons. The van der Waals surface area contributed by atoms with Gasteiger partial charge in [0, 0.05) is 6.42 Å². The van der Waals surface area contributed by atoms with Crippen molar-refractivity contribution in [2.75, 3.05) is 19.6 Å². The molecule has 1 amide bonds. The van der Waals surface area contributed by atoms with Gasteiger partial charge in [-0.15, -0.1) is 0 Å². The van der Waals surface area contributed by atoms with E-state index >= 15 is 0 Å². The summed E-state index contributed by atoms with van der Waals surface area (Å²) in [6.45, 7) is 8.66. The van der Waals surface area contributed by atoms with Gasteiger partial charge < -0.3 is 10.6 Å². The van der Waals surface area contributed by atoms with Crippen LogP contribution in [-0.4, -0.2) is 48.6 Å². The Kier molecular flexibility index (Phi) is 8.17. The summed E-state index contributed by atoms with van der Waals surface area (Å²) < 4.78 is 25.4. The Hall–Kier alpha value is -0.860. The van der Waals surface area contributed by atoms with Crippen molar-refractivity contribution in [3.63, 3.8) is 0 Å². The lowest BCUT2D eigenvalue weighted by Gasteiger charge is -2.34. The molecule has 0 aliphatic rings. The molecule has 0 aromatic heterocycles. The smallest absolute Gasteiger partial charge is 0.422 e. The minimum atomic E-state index is -3.89. The molecule has 0 aliphatic heterocycles. The van der Waals surface area contributed by atoms with Crippen LogP contribution < -0.4 is 4.72 Å². The molecule has 0 saturated heterocycles. The number of nitrogens with one attached hydrogen (secondary N) is 1. The van der Waals surface area contributed by atoms with E-state index in [4.69, 9.17) is 5.11 Å². The van der Waals surface area contributed by atoms with Crippen molar-refractivity contribution in [3.8, 4) is 0 Å². The second kappa shape index (κ2) is 7.55. The summed E-state index contributed by atoms with van der Waals surface area (Å²) >= 11 is 0. The monoisotopic (exact) mass is 284 g/mol. The molecule has 0 aromatic rings. The average Bonchev–Trinajstić information content (AvgIpc) is 2.17. The van der Waals surface area contributed by atoms with Gasteiger partial charge in [-0.3, -0.25) is 0 Å². The van der Waals surface area contributed by atoms with Gasteiger partial charge in [0.15, 0.2) is 0 Å². The largest absolute Gasteiger partial charge is 0.870 e. The van der Waals surface area contributed by atoms with Crippen LogP contribution in [0.2, 0.25) is 0 Å². The molecular formula is C10H24N2O5S. The minimum absolute atomic E-state index is 0. The second-order valence-electron chi connectivity index (χ2n) is 4.48. The molecule has 0 unspecified atom stereocenters. The van der Waals surface area contributed by atoms with Gasteiger partial charge >= 0.3 is 16.3 Å². The molecule has 0 fully saturated rings. The van der Waals surface area contributed by atoms with Crippen LogP contribution in [0.3, 0.4) is 0 Å². The molecule has 0 heterocycles. The topological polar surface area (TPSA) is 113 Å². The number of hydrogen-bond donors (Lipinski definition) is 2. The van der Waals surface area contributed by atoms with E-state index in [1.807, 2.05) is 13.8 Å². The van der Waals surface area contributed by atoms with Crippen molar-refractivity contribution in [2.24, 2.45) is 5.92 Å². The van der Waals surface area contributed by atoms with Gasteiger partial charge in [0.1, 0.15) is 0 Å². The molecule has 0 aliphatic carbocycles. The number of nitrogens with zero attached hydrogens (tertiary/aromatic N) is 1. The molecule has 18 heavy (non-hydrogen) atoms. The fraction of sp³-hybridized carbons (Fsp3) is 0.900. The van der Waals surface area contributed by atoms with Crippen LogP contribution in [0.25, 0.3) is 0 Å². The summed E-state index contributed by atoms with van der Waals surface area (Å²) in [7, 11) is -3.89. The van der Waals surface area contributed by atoms with Gasteiger partial charge in [0.25, 0.3) is 0 Å². The first-order valence-corrected chi connectivity index (χ1v) is 7.26. The van der Waals surface area contributed by atoms with E-state index in [9.17, 15) is 13.2 Å². The fourth-order valence-corrected chi connectivity index (χ4v) is 3.14. The molecule has 0 spiro atoms. The summed E-state index contributed by atoms with van der Waals surface area (Å²) in [5.74, 6) is 0.380. The first-order valence-electron chi connectivity index (χ1n) is 5.82. The van der Waals surface area contributed by atoms with E-state index in [1.165, 1.54) is 0 Å². The van der Waals surface area contributed by atoms with Crippen LogP contribution in [0.4, 0.5) is 4.79 Å². The van der Waals surface area contributed by atoms with Crippen molar-refractivity contribution in [1.29, 1.82) is 0 Å². The van der Waals surface area contributed by atoms with Crippen molar-refractivity contribution < 1.29 is 27.7 Å². The lowest BCUT2D eigenvalue weighted by molar-refractivity contribution is -0.803. The maximum atomic E-state index is 12.0. The van der Waals surface area contributed by atoms with Crippen LogP contribution in [-0.2, 0) is 10.2 Å². The summed E-state index contributed by atoms with van der Waals surface area (Å²) in [4.78, 5) is 10.5. The number of carboxylic acid groups (broad SMARTS) is 1. The van der Waals surface area contributed by atoms with Crippen molar-refractivity contribution in [2.45, 2.75) is 34.1 Å². The molecule has 0 aromatic carbocycles. The highest BCUT2D eigenvalue weighted by Crippen LogP contribution is 2.17. The van der Waals surface area contributed by atoms with E-state index in [1.54, 1.807) is 18.6 Å². The van der Waals surface area contributed by atoms with Crippen LogP contribution in [0.1, 0.15) is 34.1 Å². The predicted molar refractivity (Wildman–Crippen MR) is 67.7 cm³/mol. The molecule has 3 N–H and O–H groups in total. The number of rotatable bonds is 7. The van der Waals surface area contributed by atoms with Gasteiger partial charge in [-0.2, -0.15) is 13.1 Å². The highest BCUT2D eigenvalue weighted by atomic mass is 32.2. The zero-order valence-electron chi connectivity index (χ0n) is 11.4. The van der Waals surface area contributed by atoms with Crippen molar-refractivity contribution >= 4 is 16.3 Å². The fourth-order valence-electron chi connectivity index (χ4n) is 1.70. The van der Waals surface area contributed by atoms with Crippen LogP contribution >= 0.6 is 0 Å². The molecule has 8 heteroatoms. The van der Waals surface area contributed by atoms with Crippen LogP contribution in [0.5, 0.6) is 0 Å². The zero-order valence-corrected chi connectivity index (χ0v) is 12.2. The van der Waals surface area contributed by atoms with Gasteiger partial charge in [0.05, 0.1) is 19.6 Å². The number of amides is 1. The first-order chi connectivity index (χ1) is 7.70. The van der Waals surface area contributed by atoms with Gasteiger partial charge in [-0.1, -0.05) is 13.8 Å². The maximum Gasteiger partial charge on any atom is 0.422 e. The first kappa shape index (κ1) is 19.5. The summed E-state index contributed by atoms with van der Waals surface area (Å²) in [5.41, 5.74) is 0. The molecule has 0 bridgehead atoms. The van der Waals surface area contributed by atoms with E-state index in [0.29, 0.717) is 25.6 Å². The Bertz CT molecular complexity index is 349. The standard InChI is InChI=1S/C10H22N2O4S.H2O/c1-5-12(6-2,8-7-9(3)4)17(15,16)11-10(13)14;/h9,11H,5-8H2,1-4H3;1H2. The van der Waals surface area contributed by atoms with E-state index in [0.717, 1.165) is 6.42 Å². The quantitative estimate of drug-likeness (QED) is 0.682. The van der Waals surface area contributed by atoms with Gasteiger partial charge in [-0.25, -0.2) is 8.68 Å². The predicted octanol–water partition coefficient (Wildman–Crippen LogP) is 1.22. The molecule has 0 saturated carbocycles. The Morgan fingerprint density at radius 3 is 2.00 bits per heavy atom. The molecule has 0 rings (SSSR count). The molecule has 110 valence electrons. The average molecular weight is 284 g/mol. The molecule has 7 nitrogen and oxygen atoms in total. The Balaban J connectivity index is 0. The lowest BCUT2D eigenvalue weighted by Crippen LogP contribution is -2.58. The summed E-state index contributed by atoms with van der Waals surface area (Å²) in [6, 6.07) is 0. The van der Waals surface area contributed by atoms with Gasteiger partial charge in [0.2, 0.25) is 0 Å². The highest BCUT2D eigenvalue weighted by molar-refractivity contribution is 7.84. The van der Waals surface area contributed by atoms with E-state index in [-0.39, 0.29) is 9.36 Å². The van der Waals surface area contributed by atoms with E-state index in [2.05, 4.69) is 0 Å². The van der Waals surface area contributed by atoms with E-state index < -0.39 is 16.3 Å². The second-order valence-corrected chi connectivity index (χ2v) is 6.41. The SMILES string of the molecule is CC[N+](CC)(CCC(C)C)S(=O)(=O)NC(=O)O.[OH-]. The van der Waals surface area contributed by atoms with Crippen molar-refractivity contribution in [3.05, 3.63) is 0 Å². The Labute approximate surface area is 109 Å². The van der Waals surface area contributed by atoms with Crippen LogP contribution in [0, 0.1) is 5.92 Å². The lowest BCUT2D eigenvalue weighted by atomic mass is 10.1. The highest BCUT2D eigenvalue weighted by Gasteiger charge is 2.40. The molecular weight excluding hydrogens is 260 g/mol. The normalized spacial score (nSPS) is 12.1. The Morgan fingerprint density at radius 1 is 1.28 bits per heavy atom. The van der Waals surface area contributed by atoms with Crippen molar-refractivity contribution in [1.82, 2.24) is 4.72 Å². The third kappa shape index (κ3) is 4.79. The summed E-state index contributed by atoms with van der Waals surface area (Å²) in [6.07, 6.45) is -0.790. The number of carbonyl (C=O) groups is 1. The minimum Gasteiger partial charge on any atom is -0.870 e. The number of quaternary nitrogens is 1. The third-order valence-corrected chi connectivity index (χ3v) is 5.14.